The van der Waals surface area contributed by atoms with Crippen molar-refractivity contribution in [2.75, 3.05) is 20.3 Å². The van der Waals surface area contributed by atoms with Crippen molar-refractivity contribution in [3.8, 4) is 5.75 Å². The molecule has 1 aromatic rings. The maximum Gasteiger partial charge on any atom is 0.306 e. The Morgan fingerprint density at radius 3 is 2.71 bits per heavy atom. The summed E-state index contributed by atoms with van der Waals surface area (Å²) >= 11 is 5.89. The van der Waals surface area contributed by atoms with Crippen molar-refractivity contribution in [2.24, 2.45) is 0 Å². The highest BCUT2D eigenvalue weighted by Crippen LogP contribution is 2.20. The van der Waals surface area contributed by atoms with Crippen LogP contribution in [0.25, 0.3) is 0 Å². The van der Waals surface area contributed by atoms with Crippen LogP contribution >= 0.6 is 11.6 Å². The largest absolute Gasteiger partial charge is 0.484 e. The van der Waals surface area contributed by atoms with E-state index in [0.29, 0.717) is 10.8 Å². The lowest BCUT2D eigenvalue weighted by atomic mass is 10.2. The van der Waals surface area contributed by atoms with E-state index in [1.54, 1.807) is 18.2 Å². The first-order valence-electron chi connectivity index (χ1n) is 6.32. The molecular weight excluding hydrogens is 298 g/mol. The summed E-state index contributed by atoms with van der Waals surface area (Å²) in [4.78, 5) is 22.2. The fourth-order valence-electron chi connectivity index (χ4n) is 1.57. The zero-order valence-corrected chi connectivity index (χ0v) is 12.6. The molecule has 1 unspecified atom stereocenters. The summed E-state index contributed by atoms with van der Waals surface area (Å²) < 4.78 is 10.3. The van der Waals surface area contributed by atoms with E-state index < -0.39 is 12.1 Å². The quantitative estimate of drug-likeness (QED) is 0.761. The number of aliphatic carboxylic acids is 1. The van der Waals surface area contributed by atoms with Crippen LogP contribution in [0.2, 0.25) is 5.02 Å². The van der Waals surface area contributed by atoms with E-state index in [4.69, 9.17) is 26.2 Å². The first-order chi connectivity index (χ1) is 9.92. The van der Waals surface area contributed by atoms with Gasteiger partial charge in [0.1, 0.15) is 5.75 Å². The number of rotatable bonds is 8. The first kappa shape index (κ1) is 17.3. The lowest BCUT2D eigenvalue weighted by molar-refractivity contribution is -0.140. The lowest BCUT2D eigenvalue weighted by Gasteiger charge is -2.14. The third kappa shape index (κ3) is 6.46. The summed E-state index contributed by atoms with van der Waals surface area (Å²) in [6.45, 7) is 1.79. The molecule has 1 atom stereocenters. The van der Waals surface area contributed by atoms with Crippen molar-refractivity contribution in [1.82, 2.24) is 5.32 Å². The highest BCUT2D eigenvalue weighted by atomic mass is 35.5. The van der Waals surface area contributed by atoms with Crippen LogP contribution < -0.4 is 10.1 Å². The highest BCUT2D eigenvalue weighted by Gasteiger charge is 2.13. The van der Waals surface area contributed by atoms with Crippen LogP contribution in [0, 0.1) is 6.92 Å². The lowest BCUT2D eigenvalue weighted by Crippen LogP contribution is -2.37. The zero-order valence-electron chi connectivity index (χ0n) is 11.9. The molecule has 6 nitrogen and oxygen atoms in total. The normalized spacial score (nSPS) is 11.8. The Hall–Kier alpha value is -1.79. The first-order valence-corrected chi connectivity index (χ1v) is 6.70. The van der Waals surface area contributed by atoms with Crippen molar-refractivity contribution >= 4 is 23.5 Å². The number of ether oxygens (including phenoxy) is 2. The van der Waals surface area contributed by atoms with E-state index in [2.05, 4.69) is 5.32 Å². The van der Waals surface area contributed by atoms with Gasteiger partial charge in [0.05, 0.1) is 12.5 Å². The minimum atomic E-state index is -0.982. The molecule has 0 radical (unpaired) electrons. The molecule has 0 saturated heterocycles. The molecule has 21 heavy (non-hydrogen) atoms. The van der Waals surface area contributed by atoms with Crippen LogP contribution in [-0.4, -0.2) is 43.3 Å². The van der Waals surface area contributed by atoms with E-state index in [9.17, 15) is 9.59 Å². The van der Waals surface area contributed by atoms with E-state index >= 15 is 0 Å². The number of hydrogen-bond donors (Lipinski definition) is 2. The van der Waals surface area contributed by atoms with Crippen molar-refractivity contribution in [3.05, 3.63) is 28.8 Å². The van der Waals surface area contributed by atoms with Gasteiger partial charge in [-0.2, -0.15) is 0 Å². The molecule has 1 aromatic carbocycles. The Balaban J connectivity index is 2.36. The number of carbonyl (C=O) groups is 2. The number of carbonyl (C=O) groups excluding carboxylic acids is 1. The Bertz CT molecular complexity index is 506. The summed E-state index contributed by atoms with van der Waals surface area (Å²) in [5.74, 6) is -0.792. The summed E-state index contributed by atoms with van der Waals surface area (Å²) in [7, 11) is 1.40. The predicted octanol–water partition coefficient (Wildman–Crippen LogP) is 1.63. The van der Waals surface area contributed by atoms with Gasteiger partial charge in [-0.25, -0.2) is 0 Å². The van der Waals surface area contributed by atoms with Gasteiger partial charge >= 0.3 is 5.97 Å². The molecule has 0 bridgehead atoms. The third-order valence-corrected chi connectivity index (χ3v) is 3.19. The van der Waals surface area contributed by atoms with Crippen LogP contribution in [0.3, 0.4) is 0 Å². The molecular formula is C14H18ClNO5. The zero-order chi connectivity index (χ0) is 15.8. The van der Waals surface area contributed by atoms with Crippen molar-refractivity contribution in [1.29, 1.82) is 0 Å². The van der Waals surface area contributed by atoms with Gasteiger partial charge < -0.3 is 19.9 Å². The Morgan fingerprint density at radius 1 is 1.43 bits per heavy atom. The van der Waals surface area contributed by atoms with Gasteiger partial charge in [0, 0.05) is 18.7 Å². The van der Waals surface area contributed by atoms with Gasteiger partial charge in [-0.15, -0.1) is 0 Å². The monoisotopic (exact) mass is 315 g/mol. The third-order valence-electron chi connectivity index (χ3n) is 2.76. The van der Waals surface area contributed by atoms with E-state index in [0.717, 1.165) is 5.56 Å². The molecule has 0 fully saturated rings. The van der Waals surface area contributed by atoms with Crippen LogP contribution in [0.1, 0.15) is 12.0 Å². The Morgan fingerprint density at radius 2 is 2.14 bits per heavy atom. The molecule has 0 spiro atoms. The number of benzene rings is 1. The van der Waals surface area contributed by atoms with Gasteiger partial charge in [0.2, 0.25) is 0 Å². The molecule has 2 N–H and O–H groups in total. The molecule has 0 aliphatic rings. The average Bonchev–Trinajstić information content (AvgIpc) is 2.44. The minimum Gasteiger partial charge on any atom is -0.484 e. The maximum absolute atomic E-state index is 11.6. The molecule has 0 aromatic heterocycles. The number of halogens is 1. The topological polar surface area (TPSA) is 84.9 Å². The van der Waals surface area contributed by atoms with Crippen LogP contribution in [0.15, 0.2) is 18.2 Å². The fraction of sp³-hybridized carbons (Fsp3) is 0.429. The van der Waals surface area contributed by atoms with Crippen molar-refractivity contribution in [2.45, 2.75) is 19.4 Å². The molecule has 0 aliphatic carbocycles. The highest BCUT2D eigenvalue weighted by molar-refractivity contribution is 6.31. The standard InChI is InChI=1S/C14H18ClNO5/c1-9-5-10(3-4-12(9)15)21-8-13(17)16-7-11(20-2)6-14(18)19/h3-5,11H,6-8H2,1-2H3,(H,16,17)(H,18,19). The smallest absolute Gasteiger partial charge is 0.306 e. The molecule has 1 amide bonds. The van der Waals surface area contributed by atoms with Crippen molar-refractivity contribution < 1.29 is 24.2 Å². The number of aryl methyl sites for hydroxylation is 1. The molecule has 0 heterocycles. The Labute approximate surface area is 128 Å². The molecule has 7 heteroatoms. The second-order valence-electron chi connectivity index (χ2n) is 4.46. The summed E-state index contributed by atoms with van der Waals surface area (Å²) in [5.41, 5.74) is 0.857. The van der Waals surface area contributed by atoms with Crippen LogP contribution in [-0.2, 0) is 14.3 Å². The number of nitrogens with one attached hydrogen (secondary N) is 1. The van der Waals surface area contributed by atoms with Gasteiger partial charge in [-0.05, 0) is 30.7 Å². The SMILES string of the molecule is COC(CNC(=O)COc1ccc(Cl)c(C)c1)CC(=O)O. The number of hydrogen-bond acceptors (Lipinski definition) is 4. The molecule has 0 saturated carbocycles. The summed E-state index contributed by atoms with van der Waals surface area (Å²) in [6, 6.07) is 5.10. The van der Waals surface area contributed by atoms with Crippen LogP contribution in [0.5, 0.6) is 5.75 Å². The summed E-state index contributed by atoms with van der Waals surface area (Å²) in [5, 5.41) is 11.8. The summed E-state index contributed by atoms with van der Waals surface area (Å²) in [6.07, 6.45) is -0.738. The van der Waals surface area contributed by atoms with Crippen molar-refractivity contribution in [3.63, 3.8) is 0 Å². The maximum atomic E-state index is 11.6. The second-order valence-corrected chi connectivity index (χ2v) is 4.87. The van der Waals surface area contributed by atoms with E-state index in [1.165, 1.54) is 7.11 Å². The number of carboxylic acid groups (broad SMARTS) is 1. The minimum absolute atomic E-state index is 0.116. The van der Waals surface area contributed by atoms with E-state index in [-0.39, 0.29) is 25.5 Å². The number of methoxy groups -OCH3 is 1. The van der Waals surface area contributed by atoms with Crippen LogP contribution in [0.4, 0.5) is 0 Å². The number of amides is 1. The van der Waals surface area contributed by atoms with Gasteiger partial charge in [-0.1, -0.05) is 11.6 Å². The average molecular weight is 316 g/mol. The van der Waals surface area contributed by atoms with E-state index in [1.807, 2.05) is 6.92 Å². The number of carboxylic acids is 1. The van der Waals surface area contributed by atoms with Gasteiger partial charge in [-0.3, -0.25) is 9.59 Å². The molecule has 1 rings (SSSR count). The molecule has 116 valence electrons. The predicted molar refractivity (Wildman–Crippen MR) is 77.7 cm³/mol. The molecule has 0 aliphatic heterocycles. The Kier molecular flexibility index (Phi) is 6.98. The fourth-order valence-corrected chi connectivity index (χ4v) is 1.69. The van der Waals surface area contributed by atoms with Gasteiger partial charge in [0.15, 0.2) is 6.61 Å². The second kappa shape index (κ2) is 8.49. The van der Waals surface area contributed by atoms with Gasteiger partial charge in [0.25, 0.3) is 5.91 Å².